The van der Waals surface area contributed by atoms with Crippen LogP contribution in [-0.2, 0) is 0 Å². The molecule has 0 aromatic heterocycles. The molecule has 0 amide bonds. The SMILES string of the molecule is CC(C)[Si](S)(C(C)C)C(C)C.[KH]. The first-order chi connectivity index (χ1) is 4.83. The van der Waals surface area contributed by atoms with Gasteiger partial charge in [0.25, 0.3) is 0 Å². The van der Waals surface area contributed by atoms with Crippen molar-refractivity contribution < 1.29 is 0 Å². The Bertz CT molecular complexity index is 102. The van der Waals surface area contributed by atoms with Gasteiger partial charge in [-0.1, -0.05) is 41.5 Å². The fourth-order valence-corrected chi connectivity index (χ4v) is 6.00. The molecule has 0 saturated heterocycles. The van der Waals surface area contributed by atoms with Crippen molar-refractivity contribution in [2.75, 3.05) is 0 Å². The van der Waals surface area contributed by atoms with E-state index in [0.717, 1.165) is 16.6 Å². The molecular weight excluding hydrogens is 207 g/mol. The molecule has 0 aromatic carbocycles. The first-order valence-electron chi connectivity index (χ1n) is 4.55. The standard InChI is InChI=1S/C9H22SSi.K.H/c1-7(2)11(10,8(3)4)9(5)6;;/h7-10H,1-6H3;;. The predicted octanol–water partition coefficient (Wildman–Crippen LogP) is 3.44. The molecule has 0 heterocycles. The molecule has 0 saturated carbocycles. The van der Waals surface area contributed by atoms with E-state index in [9.17, 15) is 0 Å². The third-order valence-corrected chi connectivity index (χ3v) is 13.0. The van der Waals surface area contributed by atoms with Gasteiger partial charge < -0.3 is 0 Å². The molecule has 12 heavy (non-hydrogen) atoms. The average molecular weight is 231 g/mol. The summed E-state index contributed by atoms with van der Waals surface area (Å²) in [5.74, 6) is 0. The van der Waals surface area contributed by atoms with E-state index in [4.69, 9.17) is 12.1 Å². The van der Waals surface area contributed by atoms with E-state index in [0.29, 0.717) is 0 Å². The van der Waals surface area contributed by atoms with Gasteiger partial charge in [0.15, 0.2) is 0 Å². The Morgan fingerprint density at radius 3 is 0.917 bits per heavy atom. The summed E-state index contributed by atoms with van der Waals surface area (Å²) in [6.45, 7) is 13.9. The predicted molar refractivity (Wildman–Crippen MR) is 67.2 cm³/mol. The Morgan fingerprint density at radius 2 is 0.917 bits per heavy atom. The molecule has 0 radical (unpaired) electrons. The molecule has 70 valence electrons. The topological polar surface area (TPSA) is 0 Å². The van der Waals surface area contributed by atoms with Gasteiger partial charge in [-0.05, 0) is 16.6 Å². The summed E-state index contributed by atoms with van der Waals surface area (Å²) >= 11 is 4.94. The molecule has 0 aliphatic rings. The van der Waals surface area contributed by atoms with E-state index < -0.39 is 7.22 Å². The molecule has 0 aliphatic heterocycles. The minimum absolute atomic E-state index is 0. The third kappa shape index (κ3) is 3.75. The second-order valence-electron chi connectivity index (χ2n) is 4.35. The third-order valence-electron chi connectivity index (χ3n) is 2.77. The molecule has 3 heteroatoms. The van der Waals surface area contributed by atoms with Gasteiger partial charge in [0.1, 0.15) is 7.22 Å². The Morgan fingerprint density at radius 1 is 0.750 bits per heavy atom. The van der Waals surface area contributed by atoms with Gasteiger partial charge in [-0.2, -0.15) is 0 Å². The van der Waals surface area contributed by atoms with Gasteiger partial charge in [0.2, 0.25) is 0 Å². The summed E-state index contributed by atoms with van der Waals surface area (Å²) in [6, 6.07) is 0. The van der Waals surface area contributed by atoms with Crippen molar-refractivity contribution in [2.24, 2.45) is 0 Å². The average Bonchev–Trinajstić information content (AvgIpc) is 1.84. The Labute approximate surface area is 127 Å². The molecule has 0 nitrogen and oxygen atoms in total. The van der Waals surface area contributed by atoms with Crippen LogP contribution in [-0.4, -0.2) is 58.6 Å². The van der Waals surface area contributed by atoms with Crippen LogP contribution in [0.15, 0.2) is 0 Å². The van der Waals surface area contributed by atoms with Crippen LogP contribution in [0, 0.1) is 0 Å². The van der Waals surface area contributed by atoms with Gasteiger partial charge >= 0.3 is 51.4 Å². The zero-order valence-corrected chi connectivity index (χ0v) is 10.6. The molecular formula is C9H23KSSi. The molecule has 0 aliphatic carbocycles. The minimum atomic E-state index is -1.29. The van der Waals surface area contributed by atoms with Gasteiger partial charge in [-0.25, -0.2) is 12.1 Å². The number of hydrogen-bond donors (Lipinski definition) is 1. The quantitative estimate of drug-likeness (QED) is 0.557. The van der Waals surface area contributed by atoms with Crippen LogP contribution < -0.4 is 0 Å². The van der Waals surface area contributed by atoms with Crippen LogP contribution in [0.4, 0.5) is 0 Å². The number of rotatable bonds is 3. The van der Waals surface area contributed by atoms with Crippen LogP contribution in [0.25, 0.3) is 0 Å². The fraction of sp³-hybridized carbons (Fsp3) is 1.00. The molecule has 0 unspecified atom stereocenters. The molecule has 0 bridgehead atoms. The summed E-state index contributed by atoms with van der Waals surface area (Å²) in [6.07, 6.45) is 0. The molecule has 0 atom stereocenters. The molecule has 0 N–H and O–H groups in total. The van der Waals surface area contributed by atoms with Crippen LogP contribution in [0.3, 0.4) is 0 Å². The number of thiol groups is 1. The Kier molecular flexibility index (Phi) is 9.21. The van der Waals surface area contributed by atoms with Crippen molar-refractivity contribution in [3.63, 3.8) is 0 Å². The van der Waals surface area contributed by atoms with Gasteiger partial charge in [0, 0.05) is 0 Å². The van der Waals surface area contributed by atoms with E-state index in [1.165, 1.54) is 0 Å². The van der Waals surface area contributed by atoms with E-state index >= 15 is 0 Å². The van der Waals surface area contributed by atoms with Gasteiger partial charge in [-0.15, -0.1) is 0 Å². The second-order valence-corrected chi connectivity index (χ2v) is 11.9. The maximum absolute atomic E-state index is 4.94. The normalized spacial score (nSPS) is 12.5. The van der Waals surface area contributed by atoms with Crippen LogP contribution in [0.2, 0.25) is 16.6 Å². The van der Waals surface area contributed by atoms with Crippen molar-refractivity contribution in [1.82, 2.24) is 0 Å². The monoisotopic (exact) mass is 230 g/mol. The molecule has 0 fully saturated rings. The van der Waals surface area contributed by atoms with Crippen molar-refractivity contribution >= 4 is 70.7 Å². The first-order valence-corrected chi connectivity index (χ1v) is 8.07. The van der Waals surface area contributed by atoms with E-state index in [1.54, 1.807) is 0 Å². The molecule has 0 rings (SSSR count). The van der Waals surface area contributed by atoms with E-state index in [2.05, 4.69) is 41.5 Å². The summed E-state index contributed by atoms with van der Waals surface area (Å²) in [5.41, 5.74) is 2.35. The summed E-state index contributed by atoms with van der Waals surface area (Å²) < 4.78 is 0. The van der Waals surface area contributed by atoms with E-state index in [1.807, 2.05) is 0 Å². The molecule has 0 aromatic rings. The second kappa shape index (κ2) is 6.64. The van der Waals surface area contributed by atoms with Gasteiger partial charge in [-0.3, -0.25) is 0 Å². The summed E-state index contributed by atoms with van der Waals surface area (Å²) in [5, 5.41) is 0. The van der Waals surface area contributed by atoms with Crippen molar-refractivity contribution in [2.45, 2.75) is 58.2 Å². The van der Waals surface area contributed by atoms with Gasteiger partial charge in [0.05, 0.1) is 0 Å². The zero-order valence-electron chi connectivity index (χ0n) is 8.68. The number of hydrogen-bond acceptors (Lipinski definition) is 1. The van der Waals surface area contributed by atoms with Crippen LogP contribution in [0.5, 0.6) is 0 Å². The maximum atomic E-state index is 4.94. The Balaban J connectivity index is 0. The van der Waals surface area contributed by atoms with Crippen LogP contribution in [0.1, 0.15) is 41.5 Å². The molecule has 0 spiro atoms. The summed E-state index contributed by atoms with van der Waals surface area (Å²) in [7, 11) is -1.29. The Hall–Kier alpha value is 2.20. The van der Waals surface area contributed by atoms with Crippen LogP contribution >= 0.6 is 12.1 Å². The van der Waals surface area contributed by atoms with Crippen molar-refractivity contribution in [3.8, 4) is 0 Å². The summed E-state index contributed by atoms with van der Waals surface area (Å²) in [4.78, 5) is 0. The van der Waals surface area contributed by atoms with Crippen molar-refractivity contribution in [3.05, 3.63) is 0 Å². The van der Waals surface area contributed by atoms with E-state index in [-0.39, 0.29) is 51.4 Å². The fourth-order valence-electron chi connectivity index (χ4n) is 2.00. The zero-order chi connectivity index (χ0) is 9.23. The van der Waals surface area contributed by atoms with Crippen molar-refractivity contribution in [1.29, 1.82) is 0 Å². The first kappa shape index (κ1) is 16.6.